The zero-order chi connectivity index (χ0) is 37.5. The number of benzene rings is 2. The van der Waals surface area contributed by atoms with Gasteiger partial charge in [0.15, 0.2) is 0 Å². The molecule has 280 valence electrons. The number of hydrogen-bond acceptors (Lipinski definition) is 12. The van der Waals surface area contributed by atoms with Crippen LogP contribution in [0.5, 0.6) is 0 Å². The predicted molar refractivity (Wildman–Crippen MR) is 180 cm³/mol. The van der Waals surface area contributed by atoms with Gasteiger partial charge in [0.05, 0.1) is 22.3 Å². The Balaban J connectivity index is 0.000000142. The van der Waals surface area contributed by atoms with Crippen molar-refractivity contribution < 1.29 is 57.5 Å². The first-order valence-electron chi connectivity index (χ1n) is 18.7. The Morgan fingerprint density at radius 1 is 0.426 bits per heavy atom. The third-order valence-corrected chi connectivity index (χ3v) is 12.8. The summed E-state index contributed by atoms with van der Waals surface area (Å²) in [5.74, 6) is -4.65. The van der Waals surface area contributed by atoms with Crippen LogP contribution < -0.4 is 0 Å². The van der Waals surface area contributed by atoms with Gasteiger partial charge in [-0.3, -0.25) is 19.2 Å². The number of carbonyl (C=O) groups is 8. The Labute approximate surface area is 309 Å². The molecule has 8 aliphatic carbocycles. The zero-order valence-corrected chi connectivity index (χ0v) is 29.4. The van der Waals surface area contributed by atoms with Crippen LogP contribution >= 0.6 is 0 Å². The van der Waals surface area contributed by atoms with Crippen molar-refractivity contribution in [1.82, 2.24) is 10.1 Å². The molecular weight excluding hydrogens is 700 g/mol. The van der Waals surface area contributed by atoms with Gasteiger partial charge in [-0.15, -0.1) is 0 Å². The van der Waals surface area contributed by atoms with Crippen LogP contribution in [0.2, 0.25) is 0 Å². The van der Waals surface area contributed by atoms with Crippen molar-refractivity contribution in [3.63, 3.8) is 0 Å². The number of esters is 2. The van der Waals surface area contributed by atoms with Crippen LogP contribution in [0, 0.1) is 35.5 Å². The summed E-state index contributed by atoms with van der Waals surface area (Å²) >= 11 is 0. The van der Waals surface area contributed by atoms with E-state index in [4.69, 9.17) is 19.1 Å². The lowest BCUT2D eigenvalue weighted by atomic mass is 9.54. The quantitative estimate of drug-likeness (QED) is 0.244. The van der Waals surface area contributed by atoms with Crippen molar-refractivity contribution in [2.45, 2.75) is 88.3 Å². The highest BCUT2D eigenvalue weighted by Gasteiger charge is 2.55. The van der Waals surface area contributed by atoms with Gasteiger partial charge >= 0.3 is 23.9 Å². The van der Waals surface area contributed by atoms with E-state index < -0.39 is 58.7 Å². The molecule has 0 aromatic heterocycles. The van der Waals surface area contributed by atoms with E-state index in [-0.39, 0.29) is 22.3 Å². The first-order valence-corrected chi connectivity index (χ1v) is 18.7. The number of hydroxylamine groups is 4. The van der Waals surface area contributed by atoms with Gasteiger partial charge in [0, 0.05) is 0 Å². The molecule has 2 heterocycles. The molecule has 8 bridgehead atoms. The third kappa shape index (κ3) is 5.86. The fraction of sp³-hybridized carbons (Fsp3) is 0.500. The Bertz CT molecular complexity index is 1750. The third-order valence-electron chi connectivity index (χ3n) is 12.8. The van der Waals surface area contributed by atoms with E-state index in [1.54, 1.807) is 24.3 Å². The predicted octanol–water partition coefficient (Wildman–Crippen LogP) is 4.51. The molecule has 4 amide bonds. The van der Waals surface area contributed by atoms with E-state index in [9.17, 15) is 38.4 Å². The number of rotatable bonds is 4. The Morgan fingerprint density at radius 2 is 0.667 bits per heavy atom. The number of imide groups is 2. The maximum Gasteiger partial charge on any atom is 0.442 e. The second-order valence-electron chi connectivity index (χ2n) is 16.6. The molecule has 0 atom stereocenters. The smallest absolute Gasteiger partial charge is 0.442 e. The van der Waals surface area contributed by atoms with E-state index >= 15 is 0 Å². The van der Waals surface area contributed by atoms with Crippen LogP contribution in [-0.2, 0) is 38.3 Å². The van der Waals surface area contributed by atoms with Gasteiger partial charge in [0.25, 0.3) is 23.6 Å². The number of nitrogens with zero attached hydrogens (tertiary/aromatic N) is 2. The molecule has 2 aromatic rings. The number of carbonyl (C=O) groups excluding carboxylic acids is 8. The summed E-state index contributed by atoms with van der Waals surface area (Å²) in [5.41, 5.74) is -0.608. The van der Waals surface area contributed by atoms with Gasteiger partial charge in [-0.25, -0.2) is 19.2 Å². The van der Waals surface area contributed by atoms with Crippen LogP contribution in [0.3, 0.4) is 0 Å². The molecule has 14 heteroatoms. The maximum absolute atomic E-state index is 12.4. The molecule has 0 radical (unpaired) electrons. The van der Waals surface area contributed by atoms with Gasteiger partial charge < -0.3 is 19.1 Å². The molecule has 54 heavy (non-hydrogen) atoms. The minimum absolute atomic E-state index is 0.143. The number of hydrogen-bond donors (Lipinski definition) is 0. The summed E-state index contributed by atoms with van der Waals surface area (Å²) in [4.78, 5) is 108. The van der Waals surface area contributed by atoms with Crippen molar-refractivity contribution >= 4 is 47.5 Å². The number of fused-ring (bicyclic) bond motifs is 2. The minimum Gasteiger partial charge on any atom is -0.451 e. The van der Waals surface area contributed by atoms with Crippen LogP contribution in [-0.4, -0.2) is 68.8 Å². The lowest BCUT2D eigenvalue weighted by Crippen LogP contribution is -2.53. The molecule has 0 N–H and O–H groups in total. The summed E-state index contributed by atoms with van der Waals surface area (Å²) in [6, 6.07) is 12.3. The molecule has 2 aromatic carbocycles. The van der Waals surface area contributed by atoms with Crippen LogP contribution in [0.15, 0.2) is 48.5 Å². The molecule has 14 nitrogen and oxygen atoms in total. The van der Waals surface area contributed by atoms with E-state index in [0.29, 0.717) is 45.6 Å². The lowest BCUT2D eigenvalue weighted by molar-refractivity contribution is -0.204. The van der Waals surface area contributed by atoms with E-state index in [1.165, 1.54) is 62.8 Å². The number of ether oxygens (including phenoxy) is 2. The highest BCUT2D eigenvalue weighted by Crippen LogP contribution is 2.58. The van der Waals surface area contributed by atoms with Gasteiger partial charge in [0.1, 0.15) is 11.2 Å². The van der Waals surface area contributed by atoms with Gasteiger partial charge in [-0.1, -0.05) is 34.4 Å². The van der Waals surface area contributed by atoms with Crippen LogP contribution in [0.4, 0.5) is 0 Å². The average Bonchev–Trinajstić information content (AvgIpc) is 3.50. The molecule has 0 unspecified atom stereocenters. The second-order valence-corrected chi connectivity index (χ2v) is 16.6. The van der Waals surface area contributed by atoms with Gasteiger partial charge in [0.2, 0.25) is 0 Å². The van der Waals surface area contributed by atoms with E-state index in [0.717, 1.165) is 38.5 Å². The highest BCUT2D eigenvalue weighted by molar-refractivity contribution is 6.31. The molecule has 8 fully saturated rings. The zero-order valence-electron chi connectivity index (χ0n) is 29.4. The molecule has 12 rings (SSSR count). The lowest BCUT2D eigenvalue weighted by Gasteiger charge is -2.55. The summed E-state index contributed by atoms with van der Waals surface area (Å²) in [7, 11) is 0. The fourth-order valence-electron chi connectivity index (χ4n) is 11.5. The standard InChI is InChI=1S/2C20H19NO6/c2*22-16-14-3-1-2-4-15(14)17(23)21(16)27-19(25)18(24)26-20-8-11-5-12(9-20)7-13(6-11)10-20/h2*1-4,11-13H,5-10H2. The average molecular weight is 739 g/mol. The van der Waals surface area contributed by atoms with Crippen molar-refractivity contribution in [2.75, 3.05) is 0 Å². The SMILES string of the molecule is O=C(ON1C(=O)c2ccccc2C1=O)C(=O)OC12CC3CC(CC(C3)C1)C2.O=C(ON1C(=O)c2ccccc2C1=O)C(=O)OC12CC3CC(CC(C3)C1)C2. The van der Waals surface area contributed by atoms with E-state index in [2.05, 4.69) is 0 Å². The highest BCUT2D eigenvalue weighted by atomic mass is 16.7. The van der Waals surface area contributed by atoms with Gasteiger partial charge in [-0.2, -0.15) is 0 Å². The Hall–Kier alpha value is -5.40. The van der Waals surface area contributed by atoms with Crippen molar-refractivity contribution in [3.05, 3.63) is 70.8 Å². The number of amides is 4. The van der Waals surface area contributed by atoms with Crippen LogP contribution in [0.1, 0.15) is 118 Å². The maximum atomic E-state index is 12.4. The first-order chi connectivity index (χ1) is 25.9. The second kappa shape index (κ2) is 12.6. The molecule has 2 aliphatic heterocycles. The monoisotopic (exact) mass is 738 g/mol. The largest absolute Gasteiger partial charge is 0.451 e. The Morgan fingerprint density at radius 3 is 0.907 bits per heavy atom. The van der Waals surface area contributed by atoms with Crippen molar-refractivity contribution in [3.8, 4) is 0 Å². The van der Waals surface area contributed by atoms with E-state index in [1.807, 2.05) is 0 Å². The van der Waals surface area contributed by atoms with Crippen LogP contribution in [0.25, 0.3) is 0 Å². The normalized spacial score (nSPS) is 33.2. The van der Waals surface area contributed by atoms with Crippen molar-refractivity contribution in [1.29, 1.82) is 0 Å². The summed E-state index contributed by atoms with van der Waals surface area (Å²) in [6.07, 6.45) is 11.8. The first kappa shape index (κ1) is 34.4. The molecule has 8 saturated carbocycles. The summed E-state index contributed by atoms with van der Waals surface area (Å²) < 4.78 is 11.2. The summed E-state index contributed by atoms with van der Waals surface area (Å²) in [5, 5.41) is 0.682. The molecule has 0 spiro atoms. The van der Waals surface area contributed by atoms with Gasteiger partial charge in [-0.05, 0) is 137 Å². The molecule has 10 aliphatic rings. The summed E-state index contributed by atoms with van der Waals surface area (Å²) in [6.45, 7) is 0. The van der Waals surface area contributed by atoms with Crippen molar-refractivity contribution in [2.24, 2.45) is 35.5 Å². The minimum atomic E-state index is -1.33. The fourth-order valence-corrected chi connectivity index (χ4v) is 11.5. The molecular formula is C40H38N2O12. The Kier molecular flexibility index (Phi) is 8.02. The topological polar surface area (TPSA) is 180 Å². The molecule has 0 saturated heterocycles.